The molecule has 11 heteroatoms. The first-order valence-electron chi connectivity index (χ1n) is 12.0. The number of likely N-dealkylation sites (tertiary alicyclic amines) is 1. The lowest BCUT2D eigenvalue weighted by Gasteiger charge is -2.34. The topological polar surface area (TPSA) is 89.3 Å². The van der Waals surface area contributed by atoms with Crippen LogP contribution in [0.2, 0.25) is 0 Å². The molecule has 3 heterocycles. The van der Waals surface area contributed by atoms with Gasteiger partial charge in [0.1, 0.15) is 29.2 Å². The largest absolute Gasteiger partial charge is 0.371 e. The van der Waals surface area contributed by atoms with Gasteiger partial charge in [-0.05, 0) is 25.8 Å². The molecule has 0 bridgehead atoms. The number of benzene rings is 1. The van der Waals surface area contributed by atoms with Crippen LogP contribution < -0.4 is 10.9 Å². The highest BCUT2D eigenvalue weighted by Gasteiger charge is 2.67. The highest BCUT2D eigenvalue weighted by atomic mass is 19.3. The van der Waals surface area contributed by atoms with Crippen LogP contribution in [-0.4, -0.2) is 45.5 Å². The van der Waals surface area contributed by atoms with E-state index in [4.69, 9.17) is 4.74 Å². The Bertz CT molecular complexity index is 1460. The van der Waals surface area contributed by atoms with Crippen LogP contribution in [0.5, 0.6) is 0 Å². The number of hydrogen-bond donors (Lipinski definition) is 1. The number of aryl methyl sites for hydroxylation is 1. The lowest BCUT2D eigenvalue weighted by Crippen LogP contribution is -2.44. The number of methoxy groups -OCH3 is 1. The number of aromatic nitrogens is 3. The molecule has 1 amide bonds. The summed E-state index contributed by atoms with van der Waals surface area (Å²) in [6, 6.07) is 4.85. The summed E-state index contributed by atoms with van der Waals surface area (Å²) < 4.78 is 48.8. The molecular weight excluding hydrogens is 487 g/mol. The van der Waals surface area contributed by atoms with Crippen molar-refractivity contribution in [2.45, 2.75) is 44.8 Å². The van der Waals surface area contributed by atoms with Crippen molar-refractivity contribution in [2.24, 2.45) is 12.5 Å². The molecule has 2 aliphatic rings. The van der Waals surface area contributed by atoms with E-state index < -0.39 is 29.4 Å². The Balaban J connectivity index is 1.62. The van der Waals surface area contributed by atoms with E-state index in [0.717, 1.165) is 18.9 Å². The third kappa shape index (κ3) is 3.78. The Morgan fingerprint density at radius 1 is 1.19 bits per heavy atom. The number of alkyl halides is 2. The highest BCUT2D eigenvalue weighted by Crippen LogP contribution is 2.63. The van der Waals surface area contributed by atoms with Crippen molar-refractivity contribution in [1.82, 2.24) is 19.4 Å². The number of nitrogens with zero attached hydrogens (tertiary/aromatic N) is 4. The summed E-state index contributed by atoms with van der Waals surface area (Å²) in [7, 11) is 3.15. The molecule has 1 aromatic carbocycles. The molecule has 1 aliphatic carbocycles. The average molecular weight is 516 g/mol. The van der Waals surface area contributed by atoms with Gasteiger partial charge < -0.3 is 15.0 Å². The molecule has 2 atom stereocenters. The Labute approximate surface area is 211 Å². The monoisotopic (exact) mass is 515 g/mol. The SMILES string of the molecule is COC1(c2cc3c(N[C@H](C)c4cccc(C(F)F)c4F)ncnc3n(C)c2=O)CN(C(C)=O)CC12CC2. The zero-order chi connectivity index (χ0) is 26.7. The van der Waals surface area contributed by atoms with E-state index in [-0.39, 0.29) is 29.0 Å². The summed E-state index contributed by atoms with van der Waals surface area (Å²) >= 11 is 0. The van der Waals surface area contributed by atoms with Gasteiger partial charge in [-0.1, -0.05) is 18.2 Å². The number of halogens is 3. The zero-order valence-corrected chi connectivity index (χ0v) is 21.0. The predicted molar refractivity (Wildman–Crippen MR) is 131 cm³/mol. The molecule has 196 valence electrons. The van der Waals surface area contributed by atoms with Crippen molar-refractivity contribution >= 4 is 22.8 Å². The fraction of sp³-hybridized carbons (Fsp3) is 0.462. The molecule has 1 N–H and O–H groups in total. The number of carbonyl (C=O) groups excluding carboxylic acids is 1. The normalized spacial score (nSPS) is 21.1. The van der Waals surface area contributed by atoms with Crippen LogP contribution >= 0.6 is 0 Å². The van der Waals surface area contributed by atoms with E-state index in [9.17, 15) is 22.8 Å². The standard InChI is InChI=1S/C26H28F3N5O3/c1-14(16-6-5-7-17(20(16)27)21(28)29)32-22-18-10-19(24(36)33(3)23(18)31-13-30-22)26(37-4)12-34(15(2)35)11-25(26)8-9-25/h5-7,10,13-14,21H,8-9,11-12H2,1-4H3,(H,30,31,32)/t14-,26?/m1/s1. The second-order valence-electron chi connectivity index (χ2n) is 9.99. The van der Waals surface area contributed by atoms with Crippen molar-refractivity contribution in [1.29, 1.82) is 0 Å². The van der Waals surface area contributed by atoms with Crippen LogP contribution in [0.1, 0.15) is 55.8 Å². The molecule has 1 aliphatic heterocycles. The maximum atomic E-state index is 14.8. The predicted octanol–water partition coefficient (Wildman–Crippen LogP) is 4.06. The Kier molecular flexibility index (Phi) is 6.01. The van der Waals surface area contributed by atoms with Gasteiger partial charge in [0.05, 0.1) is 29.1 Å². The minimum Gasteiger partial charge on any atom is -0.371 e. The minimum atomic E-state index is -2.94. The van der Waals surface area contributed by atoms with Gasteiger partial charge in [0, 0.05) is 38.6 Å². The average Bonchev–Trinajstić information content (AvgIpc) is 3.56. The molecule has 3 aromatic rings. The van der Waals surface area contributed by atoms with E-state index in [1.807, 2.05) is 0 Å². The lowest BCUT2D eigenvalue weighted by molar-refractivity contribution is -0.129. The number of carbonyl (C=O) groups is 1. The van der Waals surface area contributed by atoms with Crippen molar-refractivity contribution in [3.8, 4) is 0 Å². The summed E-state index contributed by atoms with van der Waals surface area (Å²) in [5.74, 6) is -0.752. The number of ether oxygens (including phenoxy) is 1. The number of pyridine rings is 1. The maximum Gasteiger partial charge on any atom is 0.266 e. The van der Waals surface area contributed by atoms with Crippen LogP contribution in [0.25, 0.3) is 11.0 Å². The smallest absolute Gasteiger partial charge is 0.266 e. The van der Waals surface area contributed by atoms with Crippen LogP contribution in [-0.2, 0) is 22.2 Å². The van der Waals surface area contributed by atoms with Gasteiger partial charge in [0.2, 0.25) is 5.91 Å². The quantitative estimate of drug-likeness (QED) is 0.533. The number of amides is 1. The number of anilines is 1. The number of nitrogens with one attached hydrogen (secondary N) is 1. The van der Waals surface area contributed by atoms with Crippen LogP contribution in [0.4, 0.5) is 19.0 Å². The summed E-state index contributed by atoms with van der Waals surface area (Å²) in [6.07, 6.45) is -0.0211. The minimum absolute atomic E-state index is 0.0628. The Morgan fingerprint density at radius 3 is 2.51 bits per heavy atom. The molecular formula is C26H28F3N5O3. The lowest BCUT2D eigenvalue weighted by atomic mass is 9.81. The van der Waals surface area contributed by atoms with E-state index in [2.05, 4.69) is 15.3 Å². The first-order valence-corrected chi connectivity index (χ1v) is 12.0. The van der Waals surface area contributed by atoms with Gasteiger partial charge in [-0.25, -0.2) is 23.1 Å². The molecule has 0 radical (unpaired) electrons. The molecule has 37 heavy (non-hydrogen) atoms. The Hall–Kier alpha value is -3.47. The fourth-order valence-electron chi connectivity index (χ4n) is 5.71. The third-order valence-corrected chi connectivity index (χ3v) is 7.96. The fourth-order valence-corrected chi connectivity index (χ4v) is 5.71. The third-order valence-electron chi connectivity index (χ3n) is 7.96. The molecule has 2 aromatic heterocycles. The maximum absolute atomic E-state index is 14.8. The molecule has 8 nitrogen and oxygen atoms in total. The van der Waals surface area contributed by atoms with Gasteiger partial charge in [0.25, 0.3) is 12.0 Å². The van der Waals surface area contributed by atoms with E-state index in [0.29, 0.717) is 29.0 Å². The second kappa shape index (κ2) is 8.83. The van der Waals surface area contributed by atoms with Crippen molar-refractivity contribution in [2.75, 3.05) is 25.5 Å². The zero-order valence-electron chi connectivity index (χ0n) is 21.0. The molecule has 5 rings (SSSR count). The van der Waals surface area contributed by atoms with Crippen molar-refractivity contribution in [3.05, 3.63) is 63.5 Å². The van der Waals surface area contributed by atoms with Crippen molar-refractivity contribution < 1.29 is 22.7 Å². The molecule has 1 unspecified atom stereocenters. The number of rotatable bonds is 6. The van der Waals surface area contributed by atoms with Gasteiger partial charge in [0.15, 0.2) is 0 Å². The summed E-state index contributed by atoms with van der Waals surface area (Å²) in [4.78, 5) is 36.2. The van der Waals surface area contributed by atoms with Gasteiger partial charge >= 0.3 is 0 Å². The summed E-state index contributed by atoms with van der Waals surface area (Å²) in [5.41, 5.74) is -1.52. The first kappa shape index (κ1) is 25.2. The van der Waals surface area contributed by atoms with Gasteiger partial charge in [-0.2, -0.15) is 0 Å². The second-order valence-corrected chi connectivity index (χ2v) is 9.99. The van der Waals surface area contributed by atoms with E-state index >= 15 is 0 Å². The van der Waals surface area contributed by atoms with E-state index in [1.54, 1.807) is 32.0 Å². The van der Waals surface area contributed by atoms with Gasteiger partial charge in [-0.3, -0.25) is 14.2 Å². The first-order chi connectivity index (χ1) is 17.5. The van der Waals surface area contributed by atoms with E-state index in [1.165, 1.54) is 30.0 Å². The van der Waals surface area contributed by atoms with Gasteiger partial charge in [-0.15, -0.1) is 0 Å². The van der Waals surface area contributed by atoms with Crippen molar-refractivity contribution in [3.63, 3.8) is 0 Å². The number of fused-ring (bicyclic) bond motifs is 1. The Morgan fingerprint density at radius 2 is 1.89 bits per heavy atom. The molecule has 1 saturated heterocycles. The molecule has 1 spiro atoms. The van der Waals surface area contributed by atoms with Crippen LogP contribution in [0, 0.1) is 11.2 Å². The summed E-state index contributed by atoms with van der Waals surface area (Å²) in [6.45, 7) is 3.89. The van der Waals surface area contributed by atoms with Crippen LogP contribution in [0.3, 0.4) is 0 Å². The summed E-state index contributed by atoms with van der Waals surface area (Å²) in [5, 5.41) is 3.60. The molecule has 1 saturated carbocycles. The molecule has 2 fully saturated rings. The number of hydrogen-bond acceptors (Lipinski definition) is 6. The highest BCUT2D eigenvalue weighted by molar-refractivity contribution is 5.87. The van der Waals surface area contributed by atoms with Crippen LogP contribution in [0.15, 0.2) is 35.4 Å².